The number of guanidine groups is 1. The summed E-state index contributed by atoms with van der Waals surface area (Å²) < 4.78 is 0. The van der Waals surface area contributed by atoms with Crippen molar-refractivity contribution in [3.8, 4) is 11.3 Å². The molecule has 0 amide bonds. The van der Waals surface area contributed by atoms with E-state index in [2.05, 4.69) is 38.4 Å². The lowest BCUT2D eigenvalue weighted by Crippen LogP contribution is -2.47. The fraction of sp³-hybridized carbons (Fsp3) is 0.391. The number of rotatable bonds is 6. The van der Waals surface area contributed by atoms with Crippen molar-refractivity contribution >= 4 is 11.5 Å². The molecule has 2 aromatic rings. The third-order valence-corrected chi connectivity index (χ3v) is 5.77. The maximum absolute atomic E-state index is 6.82. The second kappa shape index (κ2) is 8.76. The van der Waals surface area contributed by atoms with Crippen LogP contribution in [-0.4, -0.2) is 41.1 Å². The molecular formula is C23H30N6. The van der Waals surface area contributed by atoms with E-state index >= 15 is 0 Å². The van der Waals surface area contributed by atoms with Gasteiger partial charge in [-0.05, 0) is 69.1 Å². The number of aromatic nitrogens is 1. The Bertz CT molecular complexity index is 885. The van der Waals surface area contributed by atoms with Gasteiger partial charge in [0.15, 0.2) is 5.96 Å². The Hall–Kier alpha value is -2.70. The lowest BCUT2D eigenvalue weighted by Gasteiger charge is -2.33. The summed E-state index contributed by atoms with van der Waals surface area (Å²) in [5.74, 6) is 0.370. The summed E-state index contributed by atoms with van der Waals surface area (Å²) in [5, 5.41) is 3.04. The summed E-state index contributed by atoms with van der Waals surface area (Å²) in [6.45, 7) is 3.45. The van der Waals surface area contributed by atoms with Crippen molar-refractivity contribution in [2.45, 2.75) is 37.8 Å². The smallest absolute Gasteiger partial charge is 0.194 e. The highest BCUT2D eigenvalue weighted by Gasteiger charge is 2.33. The molecule has 2 aliphatic rings. The first-order chi connectivity index (χ1) is 14.1. The SMILES string of the molecule is NC1=NC(N)(CCCN2CCCCC2)C(c2cccc(-c3ccccn3)c2)=CN1. The Balaban J connectivity index is 1.53. The molecule has 0 saturated carbocycles. The number of nitrogens with zero attached hydrogens (tertiary/aromatic N) is 3. The fourth-order valence-corrected chi connectivity index (χ4v) is 4.24. The van der Waals surface area contributed by atoms with Crippen LogP contribution in [0.5, 0.6) is 0 Å². The van der Waals surface area contributed by atoms with Crippen molar-refractivity contribution < 1.29 is 0 Å². The number of hydrogen-bond acceptors (Lipinski definition) is 6. The minimum atomic E-state index is -0.826. The van der Waals surface area contributed by atoms with Gasteiger partial charge in [-0.25, -0.2) is 4.99 Å². The van der Waals surface area contributed by atoms with Gasteiger partial charge in [0.1, 0.15) is 5.66 Å². The Morgan fingerprint density at radius 2 is 1.86 bits per heavy atom. The van der Waals surface area contributed by atoms with Crippen LogP contribution >= 0.6 is 0 Å². The van der Waals surface area contributed by atoms with Gasteiger partial charge in [-0.2, -0.15) is 0 Å². The van der Waals surface area contributed by atoms with Gasteiger partial charge >= 0.3 is 0 Å². The van der Waals surface area contributed by atoms with Crippen LogP contribution in [0.15, 0.2) is 59.9 Å². The van der Waals surface area contributed by atoms with E-state index in [1.54, 1.807) is 0 Å². The number of aliphatic imine (C=N–C) groups is 1. The van der Waals surface area contributed by atoms with E-state index in [-0.39, 0.29) is 0 Å². The summed E-state index contributed by atoms with van der Waals surface area (Å²) in [4.78, 5) is 11.6. The summed E-state index contributed by atoms with van der Waals surface area (Å²) in [5.41, 5.74) is 16.0. The van der Waals surface area contributed by atoms with Crippen LogP contribution in [-0.2, 0) is 0 Å². The average molecular weight is 391 g/mol. The van der Waals surface area contributed by atoms with Crippen LogP contribution < -0.4 is 16.8 Å². The molecule has 6 nitrogen and oxygen atoms in total. The van der Waals surface area contributed by atoms with Gasteiger partial charge in [-0.3, -0.25) is 4.98 Å². The third-order valence-electron chi connectivity index (χ3n) is 5.77. The van der Waals surface area contributed by atoms with E-state index in [1.807, 2.05) is 36.7 Å². The van der Waals surface area contributed by atoms with Crippen molar-refractivity contribution in [1.29, 1.82) is 0 Å². The topological polar surface area (TPSA) is 92.6 Å². The molecule has 0 aliphatic carbocycles. The van der Waals surface area contributed by atoms with Gasteiger partial charge in [-0.1, -0.05) is 30.7 Å². The summed E-state index contributed by atoms with van der Waals surface area (Å²) >= 11 is 0. The zero-order chi connectivity index (χ0) is 20.1. The molecule has 1 saturated heterocycles. The van der Waals surface area contributed by atoms with E-state index in [9.17, 15) is 0 Å². The largest absolute Gasteiger partial charge is 0.370 e. The third kappa shape index (κ3) is 4.66. The molecular weight excluding hydrogens is 360 g/mol. The van der Waals surface area contributed by atoms with Crippen molar-refractivity contribution in [2.24, 2.45) is 16.5 Å². The Morgan fingerprint density at radius 1 is 1.03 bits per heavy atom. The van der Waals surface area contributed by atoms with Crippen LogP contribution in [0.1, 0.15) is 37.7 Å². The molecule has 4 rings (SSSR count). The molecule has 3 heterocycles. The standard InChI is InChI=1S/C23H30N6/c24-22-27-17-20(18-8-6-9-19(16-18)21-10-2-3-12-26-21)23(25,28-22)11-7-15-29-13-4-1-5-14-29/h2-3,6,8-10,12,16-17H,1,4-5,7,11,13-15,25H2,(H3,24,27,28). The Kier molecular flexibility index (Phi) is 5.92. The number of nitrogens with one attached hydrogen (secondary N) is 1. The van der Waals surface area contributed by atoms with Crippen LogP contribution in [0.2, 0.25) is 0 Å². The Labute approximate surface area is 172 Å². The van der Waals surface area contributed by atoms with E-state index in [0.29, 0.717) is 5.96 Å². The van der Waals surface area contributed by atoms with Gasteiger partial charge in [0.2, 0.25) is 0 Å². The monoisotopic (exact) mass is 390 g/mol. The maximum Gasteiger partial charge on any atom is 0.194 e. The summed E-state index contributed by atoms with van der Waals surface area (Å²) in [6.07, 6.45) is 9.41. The number of piperidine rings is 1. The van der Waals surface area contributed by atoms with E-state index in [1.165, 1.54) is 32.4 Å². The van der Waals surface area contributed by atoms with E-state index in [0.717, 1.165) is 41.8 Å². The molecule has 1 unspecified atom stereocenters. The lowest BCUT2D eigenvalue weighted by atomic mass is 9.88. The fourth-order valence-electron chi connectivity index (χ4n) is 4.24. The molecule has 1 atom stereocenters. The first-order valence-corrected chi connectivity index (χ1v) is 10.5. The molecule has 1 fully saturated rings. The first-order valence-electron chi connectivity index (χ1n) is 10.5. The zero-order valence-electron chi connectivity index (χ0n) is 16.8. The zero-order valence-corrected chi connectivity index (χ0v) is 16.8. The molecule has 152 valence electrons. The molecule has 1 aromatic heterocycles. The minimum absolute atomic E-state index is 0.370. The predicted octanol–water partition coefficient (Wildman–Crippen LogP) is 2.93. The van der Waals surface area contributed by atoms with Crippen LogP contribution in [0.4, 0.5) is 0 Å². The van der Waals surface area contributed by atoms with Gasteiger partial charge in [-0.15, -0.1) is 0 Å². The Morgan fingerprint density at radius 3 is 2.66 bits per heavy atom. The maximum atomic E-state index is 6.82. The molecule has 5 N–H and O–H groups in total. The molecule has 1 aromatic carbocycles. The molecule has 2 aliphatic heterocycles. The number of hydrogen-bond donors (Lipinski definition) is 3. The normalized spacial score (nSPS) is 22.5. The quantitative estimate of drug-likeness (QED) is 0.705. The summed E-state index contributed by atoms with van der Waals surface area (Å²) in [7, 11) is 0. The highest BCUT2D eigenvalue weighted by molar-refractivity contribution is 5.88. The molecule has 29 heavy (non-hydrogen) atoms. The van der Waals surface area contributed by atoms with E-state index < -0.39 is 5.66 Å². The molecule has 0 bridgehead atoms. The van der Waals surface area contributed by atoms with Gasteiger partial charge < -0.3 is 21.7 Å². The summed E-state index contributed by atoms with van der Waals surface area (Å²) in [6, 6.07) is 14.2. The molecule has 6 heteroatoms. The second-order valence-corrected chi connectivity index (χ2v) is 7.93. The van der Waals surface area contributed by atoms with Gasteiger partial charge in [0.05, 0.1) is 5.69 Å². The lowest BCUT2D eigenvalue weighted by molar-refractivity contribution is 0.220. The predicted molar refractivity (Wildman–Crippen MR) is 119 cm³/mol. The molecule has 0 radical (unpaired) electrons. The highest BCUT2D eigenvalue weighted by Crippen LogP contribution is 2.33. The molecule has 0 spiro atoms. The van der Waals surface area contributed by atoms with Crippen LogP contribution in [0.25, 0.3) is 16.8 Å². The minimum Gasteiger partial charge on any atom is -0.370 e. The van der Waals surface area contributed by atoms with E-state index in [4.69, 9.17) is 11.5 Å². The number of pyridine rings is 1. The van der Waals surface area contributed by atoms with Gasteiger partial charge in [0, 0.05) is 23.5 Å². The van der Waals surface area contributed by atoms with Crippen molar-refractivity contribution in [3.05, 3.63) is 60.4 Å². The first kappa shape index (κ1) is 19.6. The van der Waals surface area contributed by atoms with Gasteiger partial charge in [0.25, 0.3) is 0 Å². The van der Waals surface area contributed by atoms with Crippen LogP contribution in [0.3, 0.4) is 0 Å². The number of nitrogens with two attached hydrogens (primary N) is 2. The number of benzene rings is 1. The van der Waals surface area contributed by atoms with Crippen LogP contribution in [0, 0.1) is 0 Å². The van der Waals surface area contributed by atoms with Crippen molar-refractivity contribution in [1.82, 2.24) is 15.2 Å². The second-order valence-electron chi connectivity index (χ2n) is 7.93. The average Bonchev–Trinajstić information content (AvgIpc) is 2.75. The number of likely N-dealkylation sites (tertiary alicyclic amines) is 1. The van der Waals surface area contributed by atoms with Crippen molar-refractivity contribution in [3.63, 3.8) is 0 Å². The highest BCUT2D eigenvalue weighted by atomic mass is 15.2. The van der Waals surface area contributed by atoms with Crippen molar-refractivity contribution in [2.75, 3.05) is 19.6 Å².